The van der Waals surface area contributed by atoms with Gasteiger partial charge in [0.05, 0.1) is 6.21 Å². The van der Waals surface area contributed by atoms with Gasteiger partial charge in [-0.15, -0.1) is 0 Å². The minimum atomic E-state index is 0.518. The first-order valence-electron chi connectivity index (χ1n) is 6.20. The van der Waals surface area contributed by atoms with Crippen molar-refractivity contribution < 1.29 is 5.21 Å². The van der Waals surface area contributed by atoms with Crippen LogP contribution in [0.5, 0.6) is 0 Å². The Labute approximate surface area is 107 Å². The van der Waals surface area contributed by atoms with E-state index in [2.05, 4.69) is 5.16 Å². The zero-order chi connectivity index (χ0) is 12.3. The van der Waals surface area contributed by atoms with Gasteiger partial charge < -0.3 is 5.21 Å². The molecular formula is C14H18ClNO. The maximum absolute atomic E-state index is 8.73. The Hall–Kier alpha value is -1.02. The van der Waals surface area contributed by atoms with Crippen molar-refractivity contribution in [1.82, 2.24) is 0 Å². The van der Waals surface area contributed by atoms with Gasteiger partial charge in [0, 0.05) is 10.6 Å². The Balaban J connectivity index is 2.44. The number of oxime groups is 1. The number of benzene rings is 1. The number of hydrogen-bond donors (Lipinski definition) is 1. The van der Waals surface area contributed by atoms with E-state index in [4.69, 9.17) is 16.8 Å². The van der Waals surface area contributed by atoms with Crippen LogP contribution in [0, 0.1) is 6.92 Å². The van der Waals surface area contributed by atoms with Crippen molar-refractivity contribution in [2.45, 2.75) is 44.9 Å². The fourth-order valence-corrected chi connectivity index (χ4v) is 3.02. The number of hydrogen-bond acceptors (Lipinski definition) is 2. The smallest absolute Gasteiger partial charge is 0.0737 e. The monoisotopic (exact) mass is 251 g/mol. The summed E-state index contributed by atoms with van der Waals surface area (Å²) in [6.07, 6.45) is 7.73. The van der Waals surface area contributed by atoms with Crippen molar-refractivity contribution in [3.63, 3.8) is 0 Å². The van der Waals surface area contributed by atoms with Crippen molar-refractivity contribution in [3.05, 3.63) is 33.8 Å². The third-order valence-electron chi connectivity index (χ3n) is 3.62. The van der Waals surface area contributed by atoms with Gasteiger partial charge in [-0.05, 0) is 36.8 Å². The maximum atomic E-state index is 8.73. The standard InChI is InChI=1S/C14H18ClNO/c1-10-7-8-12(9-16-17)13(14(10)15)11-5-3-2-4-6-11/h7-9,11,17H,2-6H2,1H3. The molecule has 1 aromatic carbocycles. The van der Waals surface area contributed by atoms with Gasteiger partial charge in [0.2, 0.25) is 0 Å². The van der Waals surface area contributed by atoms with E-state index in [1.807, 2.05) is 19.1 Å². The lowest BCUT2D eigenvalue weighted by Gasteiger charge is -2.25. The lowest BCUT2D eigenvalue weighted by atomic mass is 9.81. The predicted molar refractivity (Wildman–Crippen MR) is 71.4 cm³/mol. The minimum Gasteiger partial charge on any atom is -0.411 e. The fourth-order valence-electron chi connectivity index (χ4n) is 2.70. The van der Waals surface area contributed by atoms with Crippen LogP contribution < -0.4 is 0 Å². The fraction of sp³-hybridized carbons (Fsp3) is 0.500. The van der Waals surface area contributed by atoms with Gasteiger partial charge in [0.25, 0.3) is 0 Å². The van der Waals surface area contributed by atoms with E-state index in [-0.39, 0.29) is 0 Å². The first-order valence-corrected chi connectivity index (χ1v) is 6.58. The van der Waals surface area contributed by atoms with E-state index < -0.39 is 0 Å². The third kappa shape index (κ3) is 2.63. The molecule has 1 aliphatic rings. The van der Waals surface area contributed by atoms with Gasteiger partial charge in [0.15, 0.2) is 0 Å². The Morgan fingerprint density at radius 3 is 2.65 bits per heavy atom. The second-order valence-electron chi connectivity index (χ2n) is 4.78. The van der Waals surface area contributed by atoms with Crippen LogP contribution in [-0.2, 0) is 0 Å². The van der Waals surface area contributed by atoms with Crippen molar-refractivity contribution in [1.29, 1.82) is 0 Å². The molecular weight excluding hydrogens is 234 g/mol. The van der Waals surface area contributed by atoms with Crippen LogP contribution in [-0.4, -0.2) is 11.4 Å². The lowest BCUT2D eigenvalue weighted by Crippen LogP contribution is -2.08. The molecule has 0 radical (unpaired) electrons. The van der Waals surface area contributed by atoms with E-state index in [1.165, 1.54) is 43.9 Å². The van der Waals surface area contributed by atoms with E-state index >= 15 is 0 Å². The highest BCUT2D eigenvalue weighted by atomic mass is 35.5. The summed E-state index contributed by atoms with van der Waals surface area (Å²) < 4.78 is 0. The molecule has 1 saturated carbocycles. The Morgan fingerprint density at radius 1 is 1.29 bits per heavy atom. The summed E-state index contributed by atoms with van der Waals surface area (Å²) in [5.41, 5.74) is 3.22. The molecule has 2 rings (SSSR count). The summed E-state index contributed by atoms with van der Waals surface area (Å²) >= 11 is 6.42. The van der Waals surface area contributed by atoms with E-state index in [9.17, 15) is 0 Å². The number of aryl methyl sites for hydroxylation is 1. The first-order chi connectivity index (χ1) is 8.24. The highest BCUT2D eigenvalue weighted by molar-refractivity contribution is 6.32. The number of rotatable bonds is 2. The van der Waals surface area contributed by atoms with Gasteiger partial charge in [-0.1, -0.05) is 48.2 Å². The molecule has 2 nitrogen and oxygen atoms in total. The van der Waals surface area contributed by atoms with Crippen LogP contribution in [0.25, 0.3) is 0 Å². The molecule has 0 aromatic heterocycles. The molecule has 1 aromatic rings. The molecule has 3 heteroatoms. The van der Waals surface area contributed by atoms with Gasteiger partial charge in [-0.25, -0.2) is 0 Å². The normalized spacial score (nSPS) is 17.8. The van der Waals surface area contributed by atoms with Crippen molar-refractivity contribution >= 4 is 17.8 Å². The Morgan fingerprint density at radius 2 is 2.00 bits per heavy atom. The van der Waals surface area contributed by atoms with Gasteiger partial charge in [0.1, 0.15) is 0 Å². The quantitative estimate of drug-likeness (QED) is 0.468. The molecule has 1 aliphatic carbocycles. The van der Waals surface area contributed by atoms with Crippen molar-refractivity contribution in [2.24, 2.45) is 5.16 Å². The highest BCUT2D eigenvalue weighted by Crippen LogP contribution is 2.39. The molecule has 0 heterocycles. The lowest BCUT2D eigenvalue weighted by molar-refractivity contribution is 0.321. The molecule has 0 amide bonds. The zero-order valence-electron chi connectivity index (χ0n) is 10.1. The molecule has 1 fully saturated rings. The van der Waals surface area contributed by atoms with E-state index in [0.29, 0.717) is 5.92 Å². The van der Waals surface area contributed by atoms with Gasteiger partial charge in [-0.3, -0.25) is 0 Å². The molecule has 0 aliphatic heterocycles. The van der Waals surface area contributed by atoms with Crippen molar-refractivity contribution in [2.75, 3.05) is 0 Å². The molecule has 0 spiro atoms. The Kier molecular flexibility index (Phi) is 4.06. The highest BCUT2D eigenvalue weighted by Gasteiger charge is 2.21. The second-order valence-corrected chi connectivity index (χ2v) is 5.16. The molecule has 1 N–H and O–H groups in total. The van der Waals surface area contributed by atoms with Crippen LogP contribution in [0.4, 0.5) is 0 Å². The summed E-state index contributed by atoms with van der Waals surface area (Å²) in [5.74, 6) is 0.518. The molecule has 0 bridgehead atoms. The topological polar surface area (TPSA) is 32.6 Å². The third-order valence-corrected chi connectivity index (χ3v) is 4.12. The van der Waals surface area contributed by atoms with Crippen LogP contribution in [0.2, 0.25) is 5.02 Å². The average Bonchev–Trinajstić information content (AvgIpc) is 2.36. The van der Waals surface area contributed by atoms with Crippen LogP contribution in [0.1, 0.15) is 54.7 Å². The molecule has 17 heavy (non-hydrogen) atoms. The number of nitrogens with zero attached hydrogens (tertiary/aromatic N) is 1. The van der Waals surface area contributed by atoms with Crippen LogP contribution in [0.3, 0.4) is 0 Å². The summed E-state index contributed by atoms with van der Waals surface area (Å²) in [6.45, 7) is 2.02. The predicted octanol–water partition coefficient (Wildman–Crippen LogP) is 4.50. The number of halogens is 1. The average molecular weight is 252 g/mol. The summed E-state index contributed by atoms with van der Waals surface area (Å²) in [4.78, 5) is 0. The summed E-state index contributed by atoms with van der Waals surface area (Å²) in [5, 5.41) is 12.7. The second kappa shape index (κ2) is 5.54. The van der Waals surface area contributed by atoms with Crippen LogP contribution in [0.15, 0.2) is 17.3 Å². The first kappa shape index (κ1) is 12.4. The van der Waals surface area contributed by atoms with E-state index in [1.54, 1.807) is 0 Å². The minimum absolute atomic E-state index is 0.518. The molecule has 92 valence electrons. The maximum Gasteiger partial charge on any atom is 0.0737 e. The van der Waals surface area contributed by atoms with Gasteiger partial charge >= 0.3 is 0 Å². The SMILES string of the molecule is Cc1ccc(C=NO)c(C2CCCCC2)c1Cl. The molecule has 0 atom stereocenters. The summed E-state index contributed by atoms with van der Waals surface area (Å²) in [6, 6.07) is 3.97. The van der Waals surface area contributed by atoms with Crippen LogP contribution >= 0.6 is 11.6 Å². The van der Waals surface area contributed by atoms with Crippen molar-refractivity contribution in [3.8, 4) is 0 Å². The largest absolute Gasteiger partial charge is 0.411 e. The van der Waals surface area contributed by atoms with Gasteiger partial charge in [-0.2, -0.15) is 0 Å². The molecule has 0 unspecified atom stereocenters. The summed E-state index contributed by atoms with van der Waals surface area (Å²) in [7, 11) is 0. The van der Waals surface area contributed by atoms with E-state index in [0.717, 1.165) is 16.1 Å². The zero-order valence-corrected chi connectivity index (χ0v) is 10.9. The Bertz CT molecular complexity index is 422. The molecule has 0 saturated heterocycles.